The number of hydrogen-bond donors (Lipinski definition) is 1. The van der Waals surface area contributed by atoms with E-state index >= 15 is 0 Å². The summed E-state index contributed by atoms with van der Waals surface area (Å²) in [5.74, 6) is -0.465. The van der Waals surface area contributed by atoms with Gasteiger partial charge in [0, 0.05) is 12.4 Å². The lowest BCUT2D eigenvalue weighted by Crippen LogP contribution is -2.33. The van der Waals surface area contributed by atoms with Crippen LogP contribution in [0.25, 0.3) is 0 Å². The molecule has 0 saturated carbocycles. The van der Waals surface area contributed by atoms with Crippen LogP contribution in [0.4, 0.5) is 0 Å². The summed E-state index contributed by atoms with van der Waals surface area (Å²) in [7, 11) is 0. The summed E-state index contributed by atoms with van der Waals surface area (Å²) in [4.78, 5) is 29.2. The first-order chi connectivity index (χ1) is 8.70. The Kier molecular flexibility index (Phi) is 2.15. The van der Waals surface area contributed by atoms with Gasteiger partial charge in [-0.15, -0.1) is 10.2 Å². The summed E-state index contributed by atoms with van der Waals surface area (Å²) >= 11 is 0. The lowest BCUT2D eigenvalue weighted by molar-refractivity contribution is 0.0589. The number of rotatable bonds is 2. The van der Waals surface area contributed by atoms with Gasteiger partial charge in [-0.3, -0.25) is 19.5 Å². The number of pyridine rings is 1. The first-order valence-electron chi connectivity index (χ1n) is 5.25. The SMILES string of the molecule is CC(c1nn[nH]n1)N1C(=O)c2ccncc2C1=O. The Morgan fingerprint density at radius 2 is 2.06 bits per heavy atom. The molecule has 0 aromatic carbocycles. The second-order valence-electron chi connectivity index (χ2n) is 3.85. The van der Waals surface area contributed by atoms with Crippen LogP contribution in [0.15, 0.2) is 18.5 Å². The number of nitrogens with one attached hydrogen (secondary N) is 1. The summed E-state index contributed by atoms with van der Waals surface area (Å²) in [5, 5.41) is 13.3. The van der Waals surface area contributed by atoms with Crippen LogP contribution in [0.1, 0.15) is 39.5 Å². The molecule has 90 valence electrons. The van der Waals surface area contributed by atoms with Crippen molar-refractivity contribution < 1.29 is 9.59 Å². The van der Waals surface area contributed by atoms with Crippen molar-refractivity contribution in [2.24, 2.45) is 0 Å². The number of hydrogen-bond acceptors (Lipinski definition) is 6. The third kappa shape index (κ3) is 1.32. The lowest BCUT2D eigenvalue weighted by Gasteiger charge is -2.18. The first kappa shape index (κ1) is 10.5. The molecule has 0 saturated heterocycles. The number of nitrogens with zero attached hydrogens (tertiary/aromatic N) is 5. The first-order valence-corrected chi connectivity index (χ1v) is 5.25. The zero-order valence-corrected chi connectivity index (χ0v) is 9.36. The van der Waals surface area contributed by atoms with Crippen LogP contribution in [-0.4, -0.2) is 42.3 Å². The van der Waals surface area contributed by atoms with Crippen molar-refractivity contribution in [2.45, 2.75) is 13.0 Å². The zero-order chi connectivity index (χ0) is 12.7. The van der Waals surface area contributed by atoms with E-state index in [4.69, 9.17) is 0 Å². The second kappa shape index (κ2) is 3.69. The minimum Gasteiger partial charge on any atom is -0.269 e. The Morgan fingerprint density at radius 1 is 1.28 bits per heavy atom. The molecule has 0 fully saturated rings. The minimum atomic E-state index is -0.573. The predicted molar refractivity (Wildman–Crippen MR) is 57.3 cm³/mol. The number of H-pyrrole nitrogens is 1. The number of fused-ring (bicyclic) bond motifs is 1. The van der Waals surface area contributed by atoms with Crippen molar-refractivity contribution in [3.63, 3.8) is 0 Å². The van der Waals surface area contributed by atoms with Crippen LogP contribution < -0.4 is 0 Å². The molecule has 8 heteroatoms. The molecule has 2 aromatic rings. The summed E-state index contributed by atoms with van der Waals surface area (Å²) < 4.78 is 0. The van der Waals surface area contributed by atoms with E-state index in [-0.39, 0.29) is 17.6 Å². The number of carbonyl (C=O) groups is 2. The van der Waals surface area contributed by atoms with Gasteiger partial charge in [0.05, 0.1) is 11.1 Å². The van der Waals surface area contributed by atoms with Gasteiger partial charge in [0.1, 0.15) is 6.04 Å². The molecule has 1 aliphatic rings. The van der Waals surface area contributed by atoms with E-state index in [0.29, 0.717) is 11.1 Å². The molecule has 0 spiro atoms. The molecular weight excluding hydrogens is 236 g/mol. The highest BCUT2D eigenvalue weighted by molar-refractivity contribution is 6.21. The average molecular weight is 244 g/mol. The van der Waals surface area contributed by atoms with Crippen molar-refractivity contribution >= 4 is 11.8 Å². The Balaban J connectivity index is 2.02. The van der Waals surface area contributed by atoms with Crippen LogP contribution in [0.2, 0.25) is 0 Å². The van der Waals surface area contributed by atoms with E-state index in [9.17, 15) is 9.59 Å². The summed E-state index contributed by atoms with van der Waals surface area (Å²) in [6.45, 7) is 1.67. The van der Waals surface area contributed by atoms with Gasteiger partial charge in [-0.1, -0.05) is 5.21 Å². The fourth-order valence-corrected chi connectivity index (χ4v) is 1.92. The number of aromatic amines is 1. The minimum absolute atomic E-state index is 0.289. The molecule has 3 heterocycles. The number of amides is 2. The van der Waals surface area contributed by atoms with Crippen LogP contribution in [0.5, 0.6) is 0 Å². The van der Waals surface area contributed by atoms with E-state index in [1.165, 1.54) is 18.5 Å². The molecule has 1 unspecified atom stereocenters. The molecule has 1 N–H and O–H groups in total. The van der Waals surface area contributed by atoms with E-state index in [0.717, 1.165) is 4.90 Å². The fourth-order valence-electron chi connectivity index (χ4n) is 1.92. The standard InChI is InChI=1S/C10H8N6O2/c1-5(8-12-14-15-13-8)16-9(17)6-2-3-11-4-7(6)10(16)18/h2-5H,1H3,(H,12,13,14,15). The van der Waals surface area contributed by atoms with Crippen molar-refractivity contribution in [1.29, 1.82) is 0 Å². The Hall–Kier alpha value is -2.64. The van der Waals surface area contributed by atoms with Crippen molar-refractivity contribution in [2.75, 3.05) is 0 Å². The van der Waals surface area contributed by atoms with E-state index in [2.05, 4.69) is 25.6 Å². The van der Waals surface area contributed by atoms with Crippen molar-refractivity contribution in [3.05, 3.63) is 35.4 Å². The topological polar surface area (TPSA) is 105 Å². The fraction of sp³-hybridized carbons (Fsp3) is 0.200. The molecule has 3 rings (SSSR count). The highest BCUT2D eigenvalue weighted by Crippen LogP contribution is 2.28. The third-order valence-corrected chi connectivity index (χ3v) is 2.84. The van der Waals surface area contributed by atoms with Crippen LogP contribution in [0.3, 0.4) is 0 Å². The van der Waals surface area contributed by atoms with E-state index in [1.54, 1.807) is 6.92 Å². The number of aromatic nitrogens is 5. The van der Waals surface area contributed by atoms with E-state index < -0.39 is 6.04 Å². The van der Waals surface area contributed by atoms with Gasteiger partial charge in [-0.05, 0) is 13.0 Å². The maximum absolute atomic E-state index is 12.1. The Bertz CT molecular complexity index is 588. The summed E-state index contributed by atoms with van der Waals surface area (Å²) in [6.07, 6.45) is 2.87. The zero-order valence-electron chi connectivity index (χ0n) is 9.36. The highest BCUT2D eigenvalue weighted by atomic mass is 16.2. The maximum atomic E-state index is 12.1. The predicted octanol–water partition coefficient (Wildman–Crippen LogP) is -0.0481. The van der Waals surface area contributed by atoms with Gasteiger partial charge < -0.3 is 0 Å². The monoisotopic (exact) mass is 244 g/mol. The summed E-state index contributed by atoms with van der Waals surface area (Å²) in [5.41, 5.74) is 0.656. The van der Waals surface area contributed by atoms with Crippen molar-refractivity contribution in [1.82, 2.24) is 30.5 Å². The number of carbonyl (C=O) groups excluding carboxylic acids is 2. The average Bonchev–Trinajstić information content (AvgIpc) is 2.99. The van der Waals surface area contributed by atoms with E-state index in [1.807, 2.05) is 0 Å². The lowest BCUT2D eigenvalue weighted by atomic mass is 10.2. The number of tetrazole rings is 1. The van der Waals surface area contributed by atoms with Gasteiger partial charge in [0.15, 0.2) is 5.82 Å². The normalized spacial score (nSPS) is 15.9. The largest absolute Gasteiger partial charge is 0.269 e. The molecule has 2 amide bonds. The van der Waals surface area contributed by atoms with Gasteiger partial charge >= 0.3 is 0 Å². The Morgan fingerprint density at radius 3 is 2.72 bits per heavy atom. The molecule has 8 nitrogen and oxygen atoms in total. The van der Waals surface area contributed by atoms with Crippen LogP contribution in [0, 0.1) is 0 Å². The van der Waals surface area contributed by atoms with Crippen LogP contribution >= 0.6 is 0 Å². The van der Waals surface area contributed by atoms with Gasteiger partial charge in [0.25, 0.3) is 11.8 Å². The maximum Gasteiger partial charge on any atom is 0.263 e. The second-order valence-corrected chi connectivity index (χ2v) is 3.85. The quantitative estimate of drug-likeness (QED) is 0.742. The summed E-state index contributed by atoms with van der Waals surface area (Å²) in [6, 6.07) is 0.953. The van der Waals surface area contributed by atoms with Crippen molar-refractivity contribution in [3.8, 4) is 0 Å². The molecule has 0 radical (unpaired) electrons. The Labute approximate surface area is 101 Å². The molecule has 1 aliphatic heterocycles. The third-order valence-electron chi connectivity index (χ3n) is 2.84. The molecule has 0 aliphatic carbocycles. The van der Waals surface area contributed by atoms with Gasteiger partial charge in [-0.2, -0.15) is 5.21 Å². The molecule has 0 bridgehead atoms. The smallest absolute Gasteiger partial charge is 0.263 e. The molecule has 18 heavy (non-hydrogen) atoms. The van der Waals surface area contributed by atoms with Gasteiger partial charge in [0.2, 0.25) is 0 Å². The highest BCUT2D eigenvalue weighted by Gasteiger charge is 2.40. The number of imide groups is 1. The molecule has 1 atom stereocenters. The molecule has 2 aromatic heterocycles. The van der Waals surface area contributed by atoms with Gasteiger partial charge in [-0.25, -0.2) is 0 Å². The van der Waals surface area contributed by atoms with Crippen LogP contribution in [-0.2, 0) is 0 Å². The molecular formula is C10H8N6O2.